The van der Waals surface area contributed by atoms with Gasteiger partial charge in [0, 0.05) is 5.56 Å². The summed E-state index contributed by atoms with van der Waals surface area (Å²) in [6, 6.07) is 15.3. The Labute approximate surface area is 143 Å². The van der Waals surface area contributed by atoms with Crippen LogP contribution < -0.4 is 4.74 Å². The van der Waals surface area contributed by atoms with Gasteiger partial charge in [-0.1, -0.05) is 43.3 Å². The predicted molar refractivity (Wildman–Crippen MR) is 90.8 cm³/mol. The van der Waals surface area contributed by atoms with Crippen molar-refractivity contribution in [2.24, 2.45) is 0 Å². The molecular formula is C20H16F3NO. The summed E-state index contributed by atoms with van der Waals surface area (Å²) in [4.78, 5) is 2.94. The molecule has 1 aromatic heterocycles. The van der Waals surface area contributed by atoms with Crippen LogP contribution in [0.3, 0.4) is 0 Å². The molecule has 3 rings (SSSR count). The highest BCUT2D eigenvalue weighted by molar-refractivity contribution is 5.70. The minimum absolute atomic E-state index is 0.0752. The van der Waals surface area contributed by atoms with Crippen molar-refractivity contribution in [3.63, 3.8) is 0 Å². The highest BCUT2D eigenvalue weighted by atomic mass is 19.2. The van der Waals surface area contributed by atoms with E-state index in [4.69, 9.17) is 4.74 Å². The first-order valence-electron chi connectivity index (χ1n) is 7.93. The quantitative estimate of drug-likeness (QED) is 0.561. The maximum atomic E-state index is 13.8. The highest BCUT2D eigenvalue weighted by Crippen LogP contribution is 2.28. The number of ether oxygens (including phenoxy) is 1. The number of nitrogens with zero attached hydrogens (tertiary/aromatic N) is 1. The van der Waals surface area contributed by atoms with Crippen molar-refractivity contribution < 1.29 is 17.9 Å². The number of aromatic nitrogens is 1. The van der Waals surface area contributed by atoms with E-state index in [0.717, 1.165) is 29.4 Å². The molecule has 0 unspecified atom stereocenters. The van der Waals surface area contributed by atoms with E-state index in [2.05, 4.69) is 4.98 Å². The van der Waals surface area contributed by atoms with Gasteiger partial charge in [0.25, 0.3) is 5.95 Å². The third kappa shape index (κ3) is 3.82. The lowest BCUT2D eigenvalue weighted by atomic mass is 10.0. The van der Waals surface area contributed by atoms with E-state index in [-0.39, 0.29) is 5.56 Å². The average molecular weight is 343 g/mol. The lowest BCUT2D eigenvalue weighted by molar-refractivity contribution is 0.317. The lowest BCUT2D eigenvalue weighted by Gasteiger charge is -2.08. The molecule has 0 aliphatic carbocycles. The van der Waals surface area contributed by atoms with Gasteiger partial charge in [-0.15, -0.1) is 0 Å². The van der Waals surface area contributed by atoms with E-state index in [9.17, 15) is 13.2 Å². The summed E-state index contributed by atoms with van der Waals surface area (Å²) in [5.41, 5.74) is 2.24. The molecule has 2 nitrogen and oxygen atoms in total. The maximum Gasteiger partial charge on any atom is 0.251 e. The molecule has 2 aromatic carbocycles. The van der Waals surface area contributed by atoms with Crippen LogP contribution in [0.4, 0.5) is 13.2 Å². The Morgan fingerprint density at radius 1 is 0.800 bits per heavy atom. The highest BCUT2D eigenvalue weighted by Gasteiger charge is 2.13. The molecule has 0 saturated heterocycles. The Morgan fingerprint density at radius 3 is 1.96 bits per heavy atom. The molecule has 0 atom stereocenters. The molecule has 0 radical (unpaired) electrons. The van der Waals surface area contributed by atoms with Gasteiger partial charge in [-0.3, -0.25) is 0 Å². The topological polar surface area (TPSA) is 22.1 Å². The zero-order valence-electron chi connectivity index (χ0n) is 13.6. The minimum atomic E-state index is -1.44. The first-order valence-corrected chi connectivity index (χ1v) is 7.93. The molecular weight excluding hydrogens is 327 g/mol. The van der Waals surface area contributed by atoms with Gasteiger partial charge < -0.3 is 4.74 Å². The fraction of sp³-hybridized carbons (Fsp3) is 0.150. The second-order valence-corrected chi connectivity index (χ2v) is 5.55. The Kier molecular flexibility index (Phi) is 5.03. The van der Waals surface area contributed by atoms with Crippen LogP contribution in [0.5, 0.6) is 5.75 Å². The molecule has 0 aliphatic heterocycles. The van der Waals surface area contributed by atoms with Crippen molar-refractivity contribution in [1.82, 2.24) is 4.98 Å². The van der Waals surface area contributed by atoms with Crippen LogP contribution in [0.25, 0.3) is 22.3 Å². The van der Waals surface area contributed by atoms with Crippen LogP contribution in [-0.2, 0) is 0 Å². The van der Waals surface area contributed by atoms with E-state index in [1.165, 1.54) is 0 Å². The van der Waals surface area contributed by atoms with Crippen molar-refractivity contribution in [1.29, 1.82) is 0 Å². The minimum Gasteiger partial charge on any atom is -0.494 e. The molecule has 0 bridgehead atoms. The summed E-state index contributed by atoms with van der Waals surface area (Å²) in [6.45, 7) is 2.71. The summed E-state index contributed by atoms with van der Waals surface area (Å²) < 4.78 is 45.5. The van der Waals surface area contributed by atoms with Crippen molar-refractivity contribution in [2.45, 2.75) is 13.3 Å². The molecule has 3 aromatic rings. The molecule has 5 heteroatoms. The predicted octanol–water partition coefficient (Wildman–Crippen LogP) is 5.62. The molecule has 0 spiro atoms. The number of halogens is 3. The standard InChI is InChI=1S/C20H16F3NO/c1-2-11-25-16-9-7-14(8-10-16)13-3-5-15(6-4-13)17-12-18(21)20(23)24-19(17)22/h3-10,12H,2,11H2,1H3. The summed E-state index contributed by atoms with van der Waals surface area (Å²) in [5.74, 6) is -2.85. The first-order chi connectivity index (χ1) is 12.1. The molecule has 0 fully saturated rings. The van der Waals surface area contributed by atoms with Gasteiger partial charge in [-0.05, 0) is 41.3 Å². The molecule has 0 aliphatic rings. The van der Waals surface area contributed by atoms with Crippen LogP contribution in [-0.4, -0.2) is 11.6 Å². The van der Waals surface area contributed by atoms with Gasteiger partial charge in [0.2, 0.25) is 5.95 Å². The van der Waals surface area contributed by atoms with Crippen LogP contribution in [0.15, 0.2) is 54.6 Å². The molecule has 0 N–H and O–H groups in total. The molecule has 0 saturated carbocycles. The maximum absolute atomic E-state index is 13.8. The molecule has 1 heterocycles. The van der Waals surface area contributed by atoms with E-state index in [1.807, 2.05) is 31.2 Å². The molecule has 128 valence electrons. The second kappa shape index (κ2) is 7.38. The monoisotopic (exact) mass is 343 g/mol. The van der Waals surface area contributed by atoms with Gasteiger partial charge in [-0.2, -0.15) is 13.8 Å². The van der Waals surface area contributed by atoms with Gasteiger partial charge in [0.1, 0.15) is 5.75 Å². The normalized spacial score (nSPS) is 10.7. The molecule has 25 heavy (non-hydrogen) atoms. The summed E-state index contributed by atoms with van der Waals surface area (Å²) in [6.07, 6.45) is 0.943. The largest absolute Gasteiger partial charge is 0.494 e. The SMILES string of the molecule is CCCOc1ccc(-c2ccc(-c3cc(F)c(F)nc3F)cc2)cc1. The first kappa shape index (κ1) is 17.0. The summed E-state index contributed by atoms with van der Waals surface area (Å²) in [7, 11) is 0. The fourth-order valence-electron chi connectivity index (χ4n) is 2.45. The Bertz CT molecular complexity index is 861. The van der Waals surface area contributed by atoms with Gasteiger partial charge in [0.05, 0.1) is 6.61 Å². The van der Waals surface area contributed by atoms with Crippen molar-refractivity contribution in [3.05, 3.63) is 72.3 Å². The van der Waals surface area contributed by atoms with E-state index < -0.39 is 17.7 Å². The van der Waals surface area contributed by atoms with Gasteiger partial charge in [-0.25, -0.2) is 4.39 Å². The fourth-order valence-corrected chi connectivity index (χ4v) is 2.45. The van der Waals surface area contributed by atoms with E-state index >= 15 is 0 Å². The van der Waals surface area contributed by atoms with E-state index in [0.29, 0.717) is 12.2 Å². The number of benzene rings is 2. The summed E-state index contributed by atoms with van der Waals surface area (Å²) in [5, 5.41) is 0. The zero-order chi connectivity index (χ0) is 17.8. The number of hydrogen-bond donors (Lipinski definition) is 0. The Balaban J connectivity index is 1.84. The summed E-state index contributed by atoms with van der Waals surface area (Å²) >= 11 is 0. The zero-order valence-corrected chi connectivity index (χ0v) is 13.6. The van der Waals surface area contributed by atoms with Gasteiger partial charge >= 0.3 is 0 Å². The van der Waals surface area contributed by atoms with Crippen molar-refractivity contribution in [3.8, 4) is 28.0 Å². The van der Waals surface area contributed by atoms with Crippen LogP contribution >= 0.6 is 0 Å². The van der Waals surface area contributed by atoms with Gasteiger partial charge in [0.15, 0.2) is 5.82 Å². The van der Waals surface area contributed by atoms with E-state index in [1.54, 1.807) is 24.3 Å². The van der Waals surface area contributed by atoms with Crippen LogP contribution in [0, 0.1) is 17.7 Å². The Morgan fingerprint density at radius 2 is 1.36 bits per heavy atom. The van der Waals surface area contributed by atoms with Crippen molar-refractivity contribution >= 4 is 0 Å². The number of rotatable bonds is 5. The third-order valence-corrected chi connectivity index (χ3v) is 3.74. The third-order valence-electron chi connectivity index (χ3n) is 3.74. The number of hydrogen-bond acceptors (Lipinski definition) is 2. The smallest absolute Gasteiger partial charge is 0.251 e. The van der Waals surface area contributed by atoms with Crippen LogP contribution in [0.2, 0.25) is 0 Å². The lowest BCUT2D eigenvalue weighted by Crippen LogP contribution is -1.97. The Hall–Kier alpha value is -2.82. The number of pyridine rings is 1. The molecule has 0 amide bonds. The average Bonchev–Trinajstić information content (AvgIpc) is 2.64. The second-order valence-electron chi connectivity index (χ2n) is 5.55. The van der Waals surface area contributed by atoms with Crippen LogP contribution in [0.1, 0.15) is 13.3 Å². The van der Waals surface area contributed by atoms with Crippen molar-refractivity contribution in [2.75, 3.05) is 6.61 Å².